The molecule has 1 N–H and O–H groups in total. The molecule has 2 saturated heterocycles. The van der Waals surface area contributed by atoms with Crippen molar-refractivity contribution in [3.8, 4) is 0 Å². The lowest BCUT2D eigenvalue weighted by Gasteiger charge is -2.43. The largest absolute Gasteiger partial charge is 0.376 e. The Morgan fingerprint density at radius 2 is 2.08 bits per heavy atom. The molecule has 1 unspecified atom stereocenters. The van der Waals surface area contributed by atoms with Crippen LogP contribution in [-0.2, 0) is 11.3 Å². The third kappa shape index (κ3) is 2.86. The van der Waals surface area contributed by atoms with Crippen LogP contribution in [-0.4, -0.2) is 59.4 Å². The molecule has 7 heteroatoms. The first kappa shape index (κ1) is 15.8. The van der Waals surface area contributed by atoms with Crippen LogP contribution in [0.4, 0.5) is 5.82 Å². The molecule has 4 rings (SSSR count). The minimum absolute atomic E-state index is 0.251. The highest BCUT2D eigenvalue weighted by molar-refractivity contribution is 5.82. The van der Waals surface area contributed by atoms with Crippen LogP contribution < -0.4 is 10.2 Å². The average molecular weight is 330 g/mol. The van der Waals surface area contributed by atoms with E-state index in [4.69, 9.17) is 4.74 Å². The highest BCUT2D eigenvalue weighted by atomic mass is 16.5. The molecule has 1 spiro atoms. The number of fused-ring (bicyclic) bond motifs is 1. The summed E-state index contributed by atoms with van der Waals surface area (Å²) < 4.78 is 8.35. The second kappa shape index (κ2) is 6.29. The van der Waals surface area contributed by atoms with E-state index >= 15 is 0 Å². The van der Waals surface area contributed by atoms with E-state index in [0.29, 0.717) is 5.41 Å². The molecule has 2 aliphatic rings. The zero-order valence-corrected chi connectivity index (χ0v) is 14.5. The molecule has 2 aromatic rings. The summed E-state index contributed by atoms with van der Waals surface area (Å²) in [7, 11) is 3.95. The van der Waals surface area contributed by atoms with Crippen LogP contribution >= 0.6 is 0 Å². The second-order valence-corrected chi connectivity index (χ2v) is 7.38. The van der Waals surface area contributed by atoms with Crippen molar-refractivity contribution in [2.24, 2.45) is 5.41 Å². The molecular weight excluding hydrogens is 304 g/mol. The Bertz CT molecular complexity index is 696. The molecule has 0 aliphatic carbocycles. The molecule has 0 amide bonds. The third-order valence-electron chi connectivity index (χ3n) is 5.49. The summed E-state index contributed by atoms with van der Waals surface area (Å²) in [5.41, 5.74) is 2.16. The van der Waals surface area contributed by atoms with E-state index in [-0.39, 0.29) is 6.10 Å². The van der Waals surface area contributed by atoms with E-state index in [2.05, 4.69) is 24.8 Å². The van der Waals surface area contributed by atoms with Crippen molar-refractivity contribution >= 4 is 17.0 Å². The first-order valence-electron chi connectivity index (χ1n) is 8.82. The number of anilines is 1. The highest BCUT2D eigenvalue weighted by Crippen LogP contribution is 2.39. The molecule has 7 nitrogen and oxygen atoms in total. The minimum atomic E-state index is 0.251. The van der Waals surface area contributed by atoms with Gasteiger partial charge in [0.15, 0.2) is 17.0 Å². The van der Waals surface area contributed by atoms with Crippen molar-refractivity contribution in [2.75, 3.05) is 38.7 Å². The molecule has 130 valence electrons. The van der Waals surface area contributed by atoms with Gasteiger partial charge in [-0.05, 0) is 44.2 Å². The van der Waals surface area contributed by atoms with Gasteiger partial charge in [-0.25, -0.2) is 15.0 Å². The number of rotatable bonds is 3. The summed E-state index contributed by atoms with van der Waals surface area (Å²) in [6.45, 7) is 3.97. The van der Waals surface area contributed by atoms with Gasteiger partial charge in [0.25, 0.3) is 0 Å². The van der Waals surface area contributed by atoms with Gasteiger partial charge >= 0.3 is 0 Å². The fraction of sp³-hybridized carbons (Fsp3) is 0.706. The van der Waals surface area contributed by atoms with Gasteiger partial charge in [-0.15, -0.1) is 0 Å². The first-order chi connectivity index (χ1) is 11.7. The minimum Gasteiger partial charge on any atom is -0.376 e. The number of hydrogen-bond donors (Lipinski definition) is 1. The van der Waals surface area contributed by atoms with E-state index in [1.54, 1.807) is 6.33 Å². The van der Waals surface area contributed by atoms with Crippen LogP contribution in [0.15, 0.2) is 12.7 Å². The fourth-order valence-electron chi connectivity index (χ4n) is 3.96. The van der Waals surface area contributed by atoms with E-state index in [1.165, 1.54) is 19.3 Å². The van der Waals surface area contributed by atoms with Crippen molar-refractivity contribution in [3.63, 3.8) is 0 Å². The van der Waals surface area contributed by atoms with Crippen molar-refractivity contribution < 1.29 is 4.74 Å². The summed E-state index contributed by atoms with van der Waals surface area (Å²) in [4.78, 5) is 15.2. The van der Waals surface area contributed by atoms with Gasteiger partial charge in [0.2, 0.25) is 0 Å². The van der Waals surface area contributed by atoms with Crippen LogP contribution in [0.1, 0.15) is 25.7 Å². The van der Waals surface area contributed by atoms with Crippen LogP contribution in [0, 0.1) is 5.41 Å². The Morgan fingerprint density at radius 3 is 2.79 bits per heavy atom. The van der Waals surface area contributed by atoms with Crippen molar-refractivity contribution in [1.82, 2.24) is 24.8 Å². The maximum atomic E-state index is 6.24. The number of ether oxygens (including phenoxy) is 1. The van der Waals surface area contributed by atoms with Crippen LogP contribution in [0.2, 0.25) is 0 Å². The summed E-state index contributed by atoms with van der Waals surface area (Å²) in [6.07, 6.45) is 8.60. The quantitative estimate of drug-likeness (QED) is 0.918. The highest BCUT2D eigenvalue weighted by Gasteiger charge is 2.37. The van der Waals surface area contributed by atoms with Crippen LogP contribution in [0.5, 0.6) is 0 Å². The van der Waals surface area contributed by atoms with Crippen molar-refractivity contribution in [3.05, 3.63) is 12.7 Å². The predicted molar refractivity (Wildman–Crippen MR) is 93.2 cm³/mol. The second-order valence-electron chi connectivity index (χ2n) is 7.38. The summed E-state index contributed by atoms with van der Waals surface area (Å²) >= 11 is 0. The lowest BCUT2D eigenvalue weighted by Crippen LogP contribution is -2.44. The Labute approximate surface area is 142 Å². The smallest absolute Gasteiger partial charge is 0.165 e. The predicted octanol–water partition coefficient (Wildman–Crippen LogP) is 1.44. The molecule has 4 heterocycles. The lowest BCUT2D eigenvalue weighted by atomic mass is 9.74. The maximum Gasteiger partial charge on any atom is 0.165 e. The molecule has 2 aliphatic heterocycles. The molecule has 2 aromatic heterocycles. The van der Waals surface area contributed by atoms with Gasteiger partial charge in [-0.1, -0.05) is 0 Å². The number of aromatic nitrogens is 4. The number of imidazole rings is 1. The van der Waals surface area contributed by atoms with E-state index in [1.807, 2.05) is 25.3 Å². The summed E-state index contributed by atoms with van der Waals surface area (Å²) in [5.74, 6) is 0.858. The van der Waals surface area contributed by atoms with Crippen LogP contribution in [0.25, 0.3) is 11.2 Å². The maximum absolute atomic E-state index is 6.24. The van der Waals surface area contributed by atoms with E-state index in [0.717, 1.165) is 49.6 Å². The van der Waals surface area contributed by atoms with Gasteiger partial charge in [0.1, 0.15) is 6.33 Å². The number of nitrogens with one attached hydrogen (secondary N) is 1. The third-order valence-corrected chi connectivity index (χ3v) is 5.49. The molecule has 0 radical (unpaired) electrons. The Morgan fingerprint density at radius 1 is 1.25 bits per heavy atom. The Hall–Kier alpha value is -1.73. The summed E-state index contributed by atoms with van der Waals surface area (Å²) in [6, 6.07) is 0. The lowest BCUT2D eigenvalue weighted by molar-refractivity contribution is -0.0794. The van der Waals surface area contributed by atoms with Crippen molar-refractivity contribution in [1.29, 1.82) is 0 Å². The molecule has 1 atom stereocenters. The molecule has 0 bridgehead atoms. The average Bonchev–Trinajstić information content (AvgIpc) is 3.01. The topological polar surface area (TPSA) is 68.1 Å². The monoisotopic (exact) mass is 330 g/mol. The van der Waals surface area contributed by atoms with Gasteiger partial charge in [-0.3, -0.25) is 0 Å². The molecule has 24 heavy (non-hydrogen) atoms. The van der Waals surface area contributed by atoms with Gasteiger partial charge < -0.3 is 19.5 Å². The molecular formula is C17H26N6O. The SMILES string of the molecule is CN(C)c1ncnc2c1ncn2CC1CCC2(CCNCC2)CO1. The molecule has 0 aromatic carbocycles. The van der Waals surface area contributed by atoms with Gasteiger partial charge in [0.05, 0.1) is 25.6 Å². The van der Waals surface area contributed by atoms with Crippen LogP contribution in [0.3, 0.4) is 0 Å². The Kier molecular flexibility index (Phi) is 4.14. The van der Waals surface area contributed by atoms with Crippen molar-refractivity contribution in [2.45, 2.75) is 38.3 Å². The van der Waals surface area contributed by atoms with E-state index in [9.17, 15) is 0 Å². The first-order valence-corrected chi connectivity index (χ1v) is 8.82. The molecule has 2 fully saturated rings. The van der Waals surface area contributed by atoms with Gasteiger partial charge in [-0.2, -0.15) is 0 Å². The number of hydrogen-bond acceptors (Lipinski definition) is 6. The summed E-state index contributed by atoms with van der Waals surface area (Å²) in [5, 5.41) is 3.45. The Balaban J connectivity index is 1.47. The number of nitrogens with zero attached hydrogens (tertiary/aromatic N) is 5. The normalized spacial score (nSPS) is 23.7. The standard InChI is InChI=1S/C17H26N6O/c1-22(2)15-14-16(20-11-19-15)23(12-21-14)9-13-3-4-17(10-24-13)5-7-18-8-6-17/h11-13,18H,3-10H2,1-2H3. The zero-order chi connectivity index (χ0) is 16.6. The fourth-order valence-corrected chi connectivity index (χ4v) is 3.96. The number of piperidine rings is 1. The zero-order valence-electron chi connectivity index (χ0n) is 14.5. The van der Waals surface area contributed by atoms with Gasteiger partial charge in [0, 0.05) is 14.1 Å². The van der Waals surface area contributed by atoms with E-state index < -0.39 is 0 Å². The molecule has 0 saturated carbocycles.